The number of aromatic nitrogens is 4. The van der Waals surface area contributed by atoms with E-state index in [1.165, 1.54) is 6.33 Å². The fraction of sp³-hybridized carbons (Fsp3) is 0. The fourth-order valence-electron chi connectivity index (χ4n) is 0.129. The minimum atomic E-state index is -4.94. The Balaban J connectivity index is -0.0000000142. The van der Waals surface area contributed by atoms with Crippen molar-refractivity contribution in [2.24, 2.45) is 0 Å². The van der Waals surface area contributed by atoms with Crippen molar-refractivity contribution in [3.63, 3.8) is 0 Å². The van der Waals surface area contributed by atoms with Crippen molar-refractivity contribution in [2.75, 3.05) is 0 Å². The molecule has 0 unspecified atom stereocenters. The molecule has 0 bridgehead atoms. The van der Waals surface area contributed by atoms with E-state index in [2.05, 4.69) is 20.6 Å². The summed E-state index contributed by atoms with van der Waals surface area (Å²) in [6, 6.07) is 0. The summed E-state index contributed by atoms with van der Waals surface area (Å²) in [6.45, 7) is 0. The molecule has 150 valence electrons. The number of nitrogens with one attached hydrogen (secondary N) is 1. The van der Waals surface area contributed by atoms with Crippen LogP contribution in [0.4, 0.5) is 0 Å². The molecule has 0 aromatic carbocycles. The van der Waals surface area contributed by atoms with Crippen LogP contribution in [0.25, 0.3) is 0 Å². The Morgan fingerprint density at radius 1 is 0.682 bits per heavy atom. The van der Waals surface area contributed by atoms with Crippen LogP contribution in [0.2, 0.25) is 0 Å². The van der Waals surface area contributed by atoms with Crippen LogP contribution in [0, 0.1) is 20.5 Å². The molecule has 1 aromatic rings. The number of halogens is 2. The Kier molecular flexibility index (Phi) is 76.5. The maximum atomic E-state index is 8.49. The number of H-pyrrole nitrogens is 1. The van der Waals surface area contributed by atoms with Crippen molar-refractivity contribution in [3.8, 4) is 0 Å². The minimum Gasteiger partial charge on any atom is -2.00 e. The molecule has 0 aliphatic rings. The van der Waals surface area contributed by atoms with Gasteiger partial charge < -0.3 is 30.1 Å². The molecule has 1 heterocycles. The number of nitrogens with zero attached hydrogens (tertiary/aromatic N) is 3. The molecule has 1 aromatic heterocycles. The van der Waals surface area contributed by atoms with Gasteiger partial charge in [-0.2, -0.15) is 5.21 Å². The van der Waals surface area contributed by atoms with Gasteiger partial charge in [0.05, 0.1) is 0 Å². The molecule has 0 radical (unpaired) electrons. The van der Waals surface area contributed by atoms with E-state index in [1.54, 1.807) is 0 Å². The molecule has 21 heteroatoms. The van der Waals surface area contributed by atoms with Gasteiger partial charge in [-0.05, 0) is 0 Å². The predicted molar refractivity (Wildman–Crippen MR) is 35.0 cm³/mol. The Hall–Kier alpha value is 0.507. The van der Waals surface area contributed by atoms with Gasteiger partial charge in [-0.3, -0.25) is 0 Å². The molecular formula is CH14Cl2N8O9Pt2-4. The van der Waals surface area contributed by atoms with Crippen molar-refractivity contribution in [1.82, 2.24) is 45.2 Å². The van der Waals surface area contributed by atoms with Crippen molar-refractivity contribution in [3.05, 3.63) is 6.33 Å². The third kappa shape index (κ3) is 257. The second-order valence-corrected chi connectivity index (χ2v) is 2.83. The third-order valence-corrected chi connectivity index (χ3v) is 0.270. The average molecular weight is 743 g/mol. The second-order valence-electron chi connectivity index (χ2n) is 1.32. The molecule has 0 spiro atoms. The first-order valence-electron chi connectivity index (χ1n) is 2.40. The van der Waals surface area contributed by atoms with Crippen molar-refractivity contribution in [2.45, 2.75) is 0 Å². The summed E-state index contributed by atoms with van der Waals surface area (Å²) in [5.41, 5.74) is 0. The number of tetrazole rings is 1. The number of rotatable bonds is 0. The van der Waals surface area contributed by atoms with E-state index in [1.807, 2.05) is 0 Å². The normalized spacial score (nSPS) is 7.27. The standard InChI is InChI=1S/CH2N4.2ClHO4.4H3N.O.2Pt/c1-2-4-5-3-1;2*2-1(3,4)5;;;;;;;/h1H,(H,2,3,4,5);2*(H,2,3,4,5);4*1H3;;;/q;;;;;;;-2;;/p-2. The van der Waals surface area contributed by atoms with Gasteiger partial charge in [0.2, 0.25) is 0 Å². The largest absolute Gasteiger partial charge is 2.00 e. The molecule has 22 heavy (non-hydrogen) atoms. The monoisotopic (exact) mass is 742 g/mol. The van der Waals surface area contributed by atoms with Crippen LogP contribution in [-0.4, -0.2) is 20.6 Å². The van der Waals surface area contributed by atoms with E-state index < -0.39 is 20.5 Å². The van der Waals surface area contributed by atoms with E-state index in [-0.39, 0.29) is 72.2 Å². The molecule has 17 nitrogen and oxygen atoms in total. The Labute approximate surface area is 156 Å². The molecule has 0 aliphatic carbocycles. The zero-order valence-electron chi connectivity index (χ0n) is 10.3. The van der Waals surface area contributed by atoms with E-state index in [9.17, 15) is 0 Å². The summed E-state index contributed by atoms with van der Waals surface area (Å²) in [6.07, 6.45) is 1.33. The van der Waals surface area contributed by atoms with Gasteiger partial charge in [0, 0.05) is 42.1 Å². The van der Waals surface area contributed by atoms with Crippen LogP contribution in [0.5, 0.6) is 0 Å². The SMILES string of the molecule is N.N.N.N.[O-2].[O-][Cl+3]([O-])([O-])[O-].[O-][Cl+3]([O-])([O-])[O-].[Pt].[Pt].c1nn[nH]n1. The fourth-order valence-corrected chi connectivity index (χ4v) is 0.129. The molecular weight excluding hydrogens is 729 g/mol. The topological polar surface area (TPSA) is 407 Å². The quantitative estimate of drug-likeness (QED) is 0.165. The summed E-state index contributed by atoms with van der Waals surface area (Å²) in [5, 5.41) is 12.2. The van der Waals surface area contributed by atoms with Crippen LogP contribution in [0.1, 0.15) is 0 Å². The van der Waals surface area contributed by atoms with Crippen LogP contribution in [0.3, 0.4) is 0 Å². The van der Waals surface area contributed by atoms with Gasteiger partial charge in [0.25, 0.3) is 0 Å². The summed E-state index contributed by atoms with van der Waals surface area (Å²) >= 11 is 0. The van der Waals surface area contributed by atoms with Crippen LogP contribution >= 0.6 is 0 Å². The Morgan fingerprint density at radius 2 is 0.909 bits per heavy atom. The van der Waals surface area contributed by atoms with Gasteiger partial charge >= 0.3 is 0 Å². The zero-order chi connectivity index (χ0) is 12.5. The molecule has 0 saturated carbocycles. The number of aromatic amines is 1. The first kappa shape index (κ1) is 57.1. The maximum absolute atomic E-state index is 8.49. The summed E-state index contributed by atoms with van der Waals surface area (Å²) in [5.74, 6) is 0. The van der Waals surface area contributed by atoms with Crippen LogP contribution < -0.4 is 61.9 Å². The summed E-state index contributed by atoms with van der Waals surface area (Å²) in [7, 11) is -9.89. The summed E-state index contributed by atoms with van der Waals surface area (Å²) in [4.78, 5) is 0. The van der Waals surface area contributed by atoms with Crippen LogP contribution in [-0.2, 0) is 47.6 Å². The maximum Gasteiger partial charge on any atom is 0.161 e. The Bertz CT molecular complexity index is 191. The van der Waals surface area contributed by atoms with Crippen LogP contribution in [0.15, 0.2) is 6.33 Å². The van der Waals surface area contributed by atoms with E-state index >= 15 is 0 Å². The molecule has 1 rings (SSSR count). The first-order valence-corrected chi connectivity index (χ1v) is 4.87. The number of hydrogen-bond acceptors (Lipinski definition) is 15. The van der Waals surface area contributed by atoms with Crippen molar-refractivity contribution >= 4 is 0 Å². The first-order chi connectivity index (χ1) is 6.50. The molecule has 0 saturated heterocycles. The van der Waals surface area contributed by atoms with Crippen molar-refractivity contribution in [1.29, 1.82) is 0 Å². The molecule has 0 amide bonds. The smallest absolute Gasteiger partial charge is 0.161 e. The second kappa shape index (κ2) is 29.5. The van der Waals surface area contributed by atoms with Gasteiger partial charge in [0.1, 0.15) is 0 Å². The number of hydrogen-bond donors (Lipinski definition) is 5. The van der Waals surface area contributed by atoms with Gasteiger partial charge in [-0.1, -0.05) is 5.21 Å². The zero-order valence-corrected chi connectivity index (χ0v) is 16.4. The van der Waals surface area contributed by atoms with E-state index in [4.69, 9.17) is 37.3 Å². The van der Waals surface area contributed by atoms with Gasteiger partial charge in [0.15, 0.2) is 6.33 Å². The van der Waals surface area contributed by atoms with Gasteiger partial charge in [-0.25, -0.2) is 37.3 Å². The Morgan fingerprint density at radius 3 is 0.955 bits per heavy atom. The minimum absolute atomic E-state index is 0. The van der Waals surface area contributed by atoms with E-state index in [0.717, 1.165) is 0 Å². The van der Waals surface area contributed by atoms with Gasteiger partial charge in [-0.15, -0.1) is 30.7 Å². The predicted octanol–water partition coefficient (Wildman–Crippen LogP) is -9.79. The molecule has 13 N–H and O–H groups in total. The average Bonchev–Trinajstić information content (AvgIpc) is 2.28. The third-order valence-electron chi connectivity index (χ3n) is 0.270. The molecule has 0 atom stereocenters. The molecule has 0 fully saturated rings. The van der Waals surface area contributed by atoms with Crippen molar-refractivity contribution < 1.29 is 105 Å². The van der Waals surface area contributed by atoms with E-state index in [0.29, 0.717) is 0 Å². The summed E-state index contributed by atoms with van der Waals surface area (Å²) < 4.78 is 67.9. The molecule has 0 aliphatic heterocycles.